The Morgan fingerprint density at radius 1 is 1.32 bits per heavy atom. The second-order valence-corrected chi connectivity index (χ2v) is 7.04. The van der Waals surface area contributed by atoms with E-state index in [1.807, 2.05) is 36.5 Å². The van der Waals surface area contributed by atoms with Gasteiger partial charge in [-0.1, -0.05) is 12.1 Å². The molecule has 1 aromatic heterocycles. The van der Waals surface area contributed by atoms with Crippen LogP contribution in [0.3, 0.4) is 0 Å². The SMILES string of the molecule is Cn1cc([C@H]2CCCN2C(=O)N[C@H]2CCCc3c(O)cccc32)cn1. The van der Waals surface area contributed by atoms with Crippen molar-refractivity contribution in [3.8, 4) is 5.75 Å². The highest BCUT2D eigenvalue weighted by Gasteiger charge is 2.33. The lowest BCUT2D eigenvalue weighted by Gasteiger charge is -2.31. The van der Waals surface area contributed by atoms with Gasteiger partial charge in [0.25, 0.3) is 0 Å². The number of amides is 2. The Morgan fingerprint density at radius 2 is 2.20 bits per heavy atom. The van der Waals surface area contributed by atoms with Crippen LogP contribution in [-0.2, 0) is 13.5 Å². The molecule has 2 N–H and O–H groups in total. The zero-order valence-electron chi connectivity index (χ0n) is 14.5. The first-order chi connectivity index (χ1) is 12.1. The summed E-state index contributed by atoms with van der Waals surface area (Å²) in [4.78, 5) is 14.8. The van der Waals surface area contributed by atoms with Crippen LogP contribution in [0.2, 0.25) is 0 Å². The molecule has 2 atom stereocenters. The van der Waals surface area contributed by atoms with Crippen LogP contribution in [0.5, 0.6) is 5.75 Å². The van der Waals surface area contributed by atoms with Crippen molar-refractivity contribution >= 4 is 6.03 Å². The molecule has 0 spiro atoms. The molecule has 2 aromatic rings. The molecular weight excluding hydrogens is 316 g/mol. The van der Waals surface area contributed by atoms with Gasteiger partial charge in [-0.25, -0.2) is 4.79 Å². The monoisotopic (exact) mass is 340 g/mol. The van der Waals surface area contributed by atoms with Gasteiger partial charge < -0.3 is 15.3 Å². The number of aryl methyl sites for hydroxylation is 1. The van der Waals surface area contributed by atoms with Crippen molar-refractivity contribution in [2.45, 2.75) is 44.2 Å². The molecule has 0 saturated carbocycles. The lowest BCUT2D eigenvalue weighted by Crippen LogP contribution is -2.42. The zero-order valence-corrected chi connectivity index (χ0v) is 14.5. The summed E-state index contributed by atoms with van der Waals surface area (Å²) < 4.78 is 1.78. The average molecular weight is 340 g/mol. The Hall–Kier alpha value is -2.50. The van der Waals surface area contributed by atoms with E-state index in [-0.39, 0.29) is 18.1 Å². The summed E-state index contributed by atoms with van der Waals surface area (Å²) in [5.41, 5.74) is 3.12. The first-order valence-corrected chi connectivity index (χ1v) is 9.00. The number of likely N-dealkylation sites (tertiary alicyclic amines) is 1. The van der Waals surface area contributed by atoms with Crippen LogP contribution >= 0.6 is 0 Å². The number of hydrogen-bond donors (Lipinski definition) is 2. The third kappa shape index (κ3) is 2.97. The summed E-state index contributed by atoms with van der Waals surface area (Å²) in [6.07, 6.45) is 8.58. The summed E-state index contributed by atoms with van der Waals surface area (Å²) in [5, 5.41) is 17.5. The molecule has 0 bridgehead atoms. The summed E-state index contributed by atoms with van der Waals surface area (Å²) in [7, 11) is 1.90. The highest BCUT2D eigenvalue weighted by atomic mass is 16.3. The van der Waals surface area contributed by atoms with E-state index in [1.54, 1.807) is 10.7 Å². The third-order valence-corrected chi connectivity index (χ3v) is 5.40. The number of hydrogen-bond acceptors (Lipinski definition) is 3. The smallest absolute Gasteiger partial charge is 0.318 e. The van der Waals surface area contributed by atoms with Crippen molar-refractivity contribution in [3.63, 3.8) is 0 Å². The van der Waals surface area contributed by atoms with Crippen molar-refractivity contribution in [3.05, 3.63) is 47.3 Å². The first-order valence-electron chi connectivity index (χ1n) is 9.00. The maximum absolute atomic E-state index is 12.9. The minimum Gasteiger partial charge on any atom is -0.508 e. The predicted molar refractivity (Wildman–Crippen MR) is 94.2 cm³/mol. The summed E-state index contributed by atoms with van der Waals surface area (Å²) >= 11 is 0. The van der Waals surface area contributed by atoms with Crippen molar-refractivity contribution < 1.29 is 9.90 Å². The summed E-state index contributed by atoms with van der Waals surface area (Å²) in [5.74, 6) is 0.339. The number of fused-ring (bicyclic) bond motifs is 1. The van der Waals surface area contributed by atoms with E-state index < -0.39 is 0 Å². The molecule has 0 radical (unpaired) electrons. The Kier molecular flexibility index (Phi) is 4.11. The minimum atomic E-state index is -0.0292. The number of rotatable bonds is 2. The van der Waals surface area contributed by atoms with Gasteiger partial charge in [0.05, 0.1) is 18.3 Å². The van der Waals surface area contributed by atoms with Gasteiger partial charge in [-0.2, -0.15) is 5.10 Å². The Balaban J connectivity index is 1.52. The topological polar surface area (TPSA) is 70.4 Å². The van der Waals surface area contributed by atoms with Crippen molar-refractivity contribution in [2.24, 2.45) is 7.05 Å². The highest BCUT2D eigenvalue weighted by molar-refractivity contribution is 5.76. The lowest BCUT2D eigenvalue weighted by molar-refractivity contribution is 0.187. The Morgan fingerprint density at radius 3 is 3.00 bits per heavy atom. The van der Waals surface area contributed by atoms with Gasteiger partial charge in [0.1, 0.15) is 5.75 Å². The van der Waals surface area contributed by atoms with Gasteiger partial charge in [0.2, 0.25) is 0 Å². The molecule has 1 aromatic carbocycles. The van der Waals surface area contributed by atoms with Crippen LogP contribution in [0, 0.1) is 0 Å². The molecule has 1 aliphatic carbocycles. The van der Waals surface area contributed by atoms with Crippen LogP contribution < -0.4 is 5.32 Å². The standard InChI is InChI=1S/C19H24N4O2/c1-22-12-13(11-20-22)17-8-4-10-23(17)19(25)21-16-7-2-6-15-14(16)5-3-9-18(15)24/h3,5,9,11-12,16-17,24H,2,4,6-8,10H2,1H3,(H,21,25)/t16-,17+/m0/s1. The van der Waals surface area contributed by atoms with E-state index in [9.17, 15) is 9.90 Å². The molecule has 1 aliphatic heterocycles. The number of carbonyl (C=O) groups excluding carboxylic acids is 1. The second kappa shape index (κ2) is 6.43. The molecule has 1 saturated heterocycles. The Labute approximate surface area is 147 Å². The number of aromatic hydroxyl groups is 1. The molecule has 132 valence electrons. The molecule has 0 unspecified atom stereocenters. The molecule has 2 heterocycles. The molecule has 4 rings (SSSR count). The fraction of sp³-hybridized carbons (Fsp3) is 0.474. The van der Waals surface area contributed by atoms with Crippen molar-refractivity contribution in [2.75, 3.05) is 6.54 Å². The summed E-state index contributed by atoms with van der Waals surface area (Å²) in [6, 6.07) is 5.64. The Bertz CT molecular complexity index is 785. The van der Waals surface area contributed by atoms with E-state index in [4.69, 9.17) is 0 Å². The fourth-order valence-corrected chi connectivity index (χ4v) is 4.18. The zero-order chi connectivity index (χ0) is 17.4. The van der Waals surface area contributed by atoms with Gasteiger partial charge in [-0.3, -0.25) is 4.68 Å². The highest BCUT2D eigenvalue weighted by Crippen LogP contribution is 2.36. The number of aromatic nitrogens is 2. The fourth-order valence-electron chi connectivity index (χ4n) is 4.18. The van der Waals surface area contributed by atoms with E-state index >= 15 is 0 Å². The van der Waals surface area contributed by atoms with Crippen LogP contribution in [0.1, 0.15) is 54.5 Å². The van der Waals surface area contributed by atoms with Gasteiger partial charge in [-0.15, -0.1) is 0 Å². The number of benzene rings is 1. The molecule has 2 amide bonds. The molecule has 25 heavy (non-hydrogen) atoms. The molecule has 6 nitrogen and oxygen atoms in total. The van der Waals surface area contributed by atoms with E-state index in [2.05, 4.69) is 10.4 Å². The van der Waals surface area contributed by atoms with Crippen LogP contribution in [0.4, 0.5) is 4.79 Å². The van der Waals surface area contributed by atoms with Crippen molar-refractivity contribution in [1.29, 1.82) is 0 Å². The van der Waals surface area contributed by atoms with Gasteiger partial charge >= 0.3 is 6.03 Å². The molecular formula is C19H24N4O2. The second-order valence-electron chi connectivity index (χ2n) is 7.04. The maximum Gasteiger partial charge on any atom is 0.318 e. The number of nitrogens with one attached hydrogen (secondary N) is 1. The molecule has 1 fully saturated rings. The third-order valence-electron chi connectivity index (χ3n) is 5.40. The van der Waals surface area contributed by atoms with Crippen molar-refractivity contribution in [1.82, 2.24) is 20.0 Å². The normalized spacial score (nSPS) is 22.7. The number of carbonyl (C=O) groups is 1. The van der Waals surface area contributed by atoms with Crippen LogP contribution in [0.25, 0.3) is 0 Å². The number of phenolic OH excluding ortho intramolecular Hbond substituents is 1. The van der Waals surface area contributed by atoms with E-state index in [0.717, 1.165) is 55.3 Å². The predicted octanol–water partition coefficient (Wildman–Crippen LogP) is 3.05. The number of urea groups is 1. The molecule has 6 heteroatoms. The lowest BCUT2D eigenvalue weighted by atomic mass is 9.87. The number of phenols is 1. The summed E-state index contributed by atoms with van der Waals surface area (Å²) in [6.45, 7) is 0.769. The minimum absolute atomic E-state index is 0.0208. The first kappa shape index (κ1) is 16.0. The van der Waals surface area contributed by atoms with E-state index in [1.165, 1.54) is 0 Å². The average Bonchev–Trinajstić information content (AvgIpc) is 3.24. The number of nitrogens with zero attached hydrogens (tertiary/aromatic N) is 3. The van der Waals surface area contributed by atoms with Gasteiger partial charge in [0, 0.05) is 25.4 Å². The van der Waals surface area contributed by atoms with Gasteiger partial charge in [-0.05, 0) is 49.3 Å². The molecule has 2 aliphatic rings. The largest absolute Gasteiger partial charge is 0.508 e. The van der Waals surface area contributed by atoms with Crippen LogP contribution in [0.15, 0.2) is 30.6 Å². The van der Waals surface area contributed by atoms with E-state index in [0.29, 0.717) is 5.75 Å². The quantitative estimate of drug-likeness (QED) is 0.883. The van der Waals surface area contributed by atoms with Gasteiger partial charge in [0.15, 0.2) is 0 Å². The maximum atomic E-state index is 12.9. The van der Waals surface area contributed by atoms with Crippen LogP contribution in [-0.4, -0.2) is 32.4 Å².